The van der Waals surface area contributed by atoms with Gasteiger partial charge in [0.1, 0.15) is 12.2 Å². The average Bonchev–Trinajstić information content (AvgIpc) is 2.59. The number of hydrogen-bond acceptors (Lipinski definition) is 5. The Hall–Kier alpha value is -3.08. The molecule has 0 radical (unpaired) electrons. The zero-order chi connectivity index (χ0) is 17.1. The second-order valence-electron chi connectivity index (χ2n) is 5.29. The summed E-state index contributed by atoms with van der Waals surface area (Å²) < 4.78 is 16.4. The van der Waals surface area contributed by atoms with Crippen LogP contribution in [-0.2, 0) is 6.61 Å². The second kappa shape index (κ2) is 6.58. The summed E-state index contributed by atoms with van der Waals surface area (Å²) in [6.07, 6.45) is 0. The van der Waals surface area contributed by atoms with Gasteiger partial charge in [-0.15, -0.1) is 0 Å². The minimum atomic E-state index is -0.524. The third-order valence-electron chi connectivity index (χ3n) is 3.63. The van der Waals surface area contributed by atoms with Crippen LogP contribution in [0.25, 0.3) is 11.0 Å². The van der Waals surface area contributed by atoms with Crippen LogP contribution in [0.15, 0.2) is 57.7 Å². The van der Waals surface area contributed by atoms with E-state index in [1.807, 2.05) is 30.3 Å². The number of Topliss-reactive ketones (excluding diaryl/α,β-unsaturated/α-hetero) is 1. The molecule has 0 saturated heterocycles. The highest BCUT2D eigenvalue weighted by Crippen LogP contribution is 2.38. The lowest BCUT2D eigenvalue weighted by atomic mass is 10.1. The molecule has 0 unspecified atom stereocenters. The lowest BCUT2D eigenvalue weighted by Gasteiger charge is -2.15. The Labute approximate surface area is 138 Å². The van der Waals surface area contributed by atoms with E-state index in [1.54, 1.807) is 12.1 Å². The standard InChI is InChI=1S/C19H16O5/c1-12(20)17-18-14(8-9-16(21)24-18)10-15(22-2)19(17)23-11-13-6-4-3-5-7-13/h3-10H,11H2,1-2H3. The summed E-state index contributed by atoms with van der Waals surface area (Å²) >= 11 is 0. The molecule has 2 aromatic carbocycles. The number of ketones is 1. The Bertz CT molecular complexity index is 941. The molecule has 5 nitrogen and oxygen atoms in total. The Morgan fingerprint density at radius 1 is 1.12 bits per heavy atom. The van der Waals surface area contributed by atoms with Gasteiger partial charge in [-0.2, -0.15) is 0 Å². The molecule has 5 heteroatoms. The van der Waals surface area contributed by atoms with E-state index in [9.17, 15) is 9.59 Å². The highest BCUT2D eigenvalue weighted by molar-refractivity contribution is 6.08. The van der Waals surface area contributed by atoms with Crippen LogP contribution in [0, 0.1) is 0 Å². The molecule has 3 rings (SSSR count). The van der Waals surface area contributed by atoms with Gasteiger partial charge in [-0.05, 0) is 24.6 Å². The van der Waals surface area contributed by atoms with Crippen molar-refractivity contribution in [3.63, 3.8) is 0 Å². The van der Waals surface area contributed by atoms with E-state index in [4.69, 9.17) is 13.9 Å². The molecule has 1 heterocycles. The van der Waals surface area contributed by atoms with Crippen molar-refractivity contribution < 1.29 is 18.7 Å². The van der Waals surface area contributed by atoms with Crippen molar-refractivity contribution in [2.24, 2.45) is 0 Å². The Balaban J connectivity index is 2.15. The van der Waals surface area contributed by atoms with Crippen molar-refractivity contribution >= 4 is 16.8 Å². The highest BCUT2D eigenvalue weighted by atomic mass is 16.5. The molecule has 0 aliphatic heterocycles. The van der Waals surface area contributed by atoms with Crippen molar-refractivity contribution in [2.45, 2.75) is 13.5 Å². The van der Waals surface area contributed by atoms with Gasteiger partial charge in [-0.1, -0.05) is 30.3 Å². The molecule has 0 aliphatic rings. The number of ether oxygens (including phenoxy) is 2. The van der Waals surface area contributed by atoms with Crippen LogP contribution in [0.4, 0.5) is 0 Å². The molecular formula is C19H16O5. The number of hydrogen-bond donors (Lipinski definition) is 0. The van der Waals surface area contributed by atoms with Crippen LogP contribution in [0.2, 0.25) is 0 Å². The Morgan fingerprint density at radius 2 is 1.88 bits per heavy atom. The molecule has 0 aliphatic carbocycles. The van der Waals surface area contributed by atoms with Crippen molar-refractivity contribution in [1.82, 2.24) is 0 Å². The molecule has 1 aromatic heterocycles. The van der Waals surface area contributed by atoms with E-state index in [-0.39, 0.29) is 29.3 Å². The molecule has 3 aromatic rings. The third-order valence-corrected chi connectivity index (χ3v) is 3.63. The topological polar surface area (TPSA) is 65.7 Å². The predicted octanol–water partition coefficient (Wildman–Crippen LogP) is 3.58. The average molecular weight is 324 g/mol. The highest BCUT2D eigenvalue weighted by Gasteiger charge is 2.21. The number of carbonyl (C=O) groups is 1. The minimum Gasteiger partial charge on any atom is -0.493 e. The Morgan fingerprint density at radius 3 is 2.54 bits per heavy atom. The van der Waals surface area contributed by atoms with E-state index in [2.05, 4.69) is 0 Å². The Kier molecular flexibility index (Phi) is 4.33. The summed E-state index contributed by atoms with van der Waals surface area (Å²) in [6.45, 7) is 1.66. The van der Waals surface area contributed by atoms with E-state index < -0.39 is 5.63 Å². The fourth-order valence-electron chi connectivity index (χ4n) is 2.51. The first-order valence-electron chi connectivity index (χ1n) is 7.42. The van der Waals surface area contributed by atoms with Crippen LogP contribution in [0.1, 0.15) is 22.8 Å². The molecule has 0 saturated carbocycles. The van der Waals surface area contributed by atoms with Gasteiger partial charge in [0.15, 0.2) is 22.9 Å². The predicted molar refractivity (Wildman–Crippen MR) is 89.8 cm³/mol. The normalized spacial score (nSPS) is 10.6. The summed E-state index contributed by atoms with van der Waals surface area (Å²) in [7, 11) is 1.50. The van der Waals surface area contributed by atoms with Crippen LogP contribution < -0.4 is 15.1 Å². The van der Waals surface area contributed by atoms with Gasteiger partial charge >= 0.3 is 5.63 Å². The van der Waals surface area contributed by atoms with Crippen molar-refractivity contribution in [1.29, 1.82) is 0 Å². The number of rotatable bonds is 5. The molecule has 0 amide bonds. The fraction of sp³-hybridized carbons (Fsp3) is 0.158. The van der Waals surface area contributed by atoms with Gasteiger partial charge in [0.05, 0.1) is 7.11 Å². The molecule has 0 N–H and O–H groups in total. The van der Waals surface area contributed by atoms with Crippen molar-refractivity contribution in [2.75, 3.05) is 7.11 Å². The maximum Gasteiger partial charge on any atom is 0.336 e. The van der Waals surface area contributed by atoms with Gasteiger partial charge in [-0.25, -0.2) is 4.79 Å². The third kappa shape index (κ3) is 3.01. The molecule has 0 spiro atoms. The lowest BCUT2D eigenvalue weighted by Crippen LogP contribution is -2.06. The number of carbonyl (C=O) groups excluding carboxylic acids is 1. The fourth-order valence-corrected chi connectivity index (χ4v) is 2.51. The number of fused-ring (bicyclic) bond motifs is 1. The van der Waals surface area contributed by atoms with Crippen molar-refractivity contribution in [3.05, 3.63) is 70.1 Å². The summed E-state index contributed by atoms with van der Waals surface area (Å²) in [5.41, 5.74) is 0.838. The zero-order valence-corrected chi connectivity index (χ0v) is 13.4. The molecule has 122 valence electrons. The van der Waals surface area contributed by atoms with Gasteiger partial charge in [0, 0.05) is 11.5 Å². The molecular weight excluding hydrogens is 308 g/mol. The van der Waals surface area contributed by atoms with Gasteiger partial charge < -0.3 is 13.9 Å². The number of methoxy groups -OCH3 is 1. The first kappa shape index (κ1) is 15.8. The molecule has 0 fully saturated rings. The van der Waals surface area contributed by atoms with E-state index in [0.717, 1.165) is 5.56 Å². The smallest absolute Gasteiger partial charge is 0.336 e. The largest absolute Gasteiger partial charge is 0.493 e. The van der Waals surface area contributed by atoms with Gasteiger partial charge in [0.2, 0.25) is 0 Å². The molecule has 24 heavy (non-hydrogen) atoms. The summed E-state index contributed by atoms with van der Waals surface area (Å²) in [5.74, 6) is 0.421. The first-order chi connectivity index (χ1) is 11.6. The summed E-state index contributed by atoms with van der Waals surface area (Å²) in [4.78, 5) is 23.7. The van der Waals surface area contributed by atoms with Gasteiger partial charge in [-0.3, -0.25) is 4.79 Å². The van der Waals surface area contributed by atoms with Crippen molar-refractivity contribution in [3.8, 4) is 11.5 Å². The summed E-state index contributed by atoms with van der Waals surface area (Å²) in [6, 6.07) is 14.1. The quantitative estimate of drug-likeness (QED) is 0.530. The zero-order valence-electron chi connectivity index (χ0n) is 13.4. The van der Waals surface area contributed by atoms with E-state index in [0.29, 0.717) is 11.1 Å². The van der Waals surface area contributed by atoms with Gasteiger partial charge in [0.25, 0.3) is 0 Å². The molecule has 0 bridgehead atoms. The minimum absolute atomic E-state index is 0.206. The SMILES string of the molecule is COc1cc2ccc(=O)oc2c(C(C)=O)c1OCc1ccccc1. The maximum atomic E-state index is 12.2. The van der Waals surface area contributed by atoms with Crippen LogP contribution in [0.3, 0.4) is 0 Å². The first-order valence-corrected chi connectivity index (χ1v) is 7.42. The van der Waals surface area contributed by atoms with Crippen LogP contribution >= 0.6 is 0 Å². The van der Waals surface area contributed by atoms with Crippen LogP contribution in [0.5, 0.6) is 11.5 Å². The monoisotopic (exact) mass is 324 g/mol. The van der Waals surface area contributed by atoms with Crippen LogP contribution in [-0.4, -0.2) is 12.9 Å². The maximum absolute atomic E-state index is 12.2. The van der Waals surface area contributed by atoms with E-state index >= 15 is 0 Å². The number of benzene rings is 2. The lowest BCUT2D eigenvalue weighted by molar-refractivity contribution is 0.101. The molecule has 0 atom stereocenters. The summed E-state index contributed by atoms with van der Waals surface area (Å²) in [5, 5.41) is 0.601. The second-order valence-corrected chi connectivity index (χ2v) is 5.29. The van der Waals surface area contributed by atoms with E-state index in [1.165, 1.54) is 20.1 Å².